The van der Waals surface area contributed by atoms with Crippen LogP contribution in [0.4, 0.5) is 0 Å². The third kappa shape index (κ3) is 2.19. The van der Waals surface area contributed by atoms with Gasteiger partial charge >= 0.3 is 0 Å². The largest absolute Gasteiger partial charge is 0.306 e. The maximum Gasteiger partial charge on any atom is 0.0409 e. The summed E-state index contributed by atoms with van der Waals surface area (Å²) >= 11 is 6.12. The average Bonchev–Trinajstić information content (AvgIpc) is 2.85. The normalized spacial score (nSPS) is 36.2. The number of fused-ring (bicyclic) bond motifs is 2. The Morgan fingerprint density at radius 3 is 2.65 bits per heavy atom. The highest BCUT2D eigenvalue weighted by molar-refractivity contribution is 6.30. The first-order valence-electron chi connectivity index (χ1n) is 7.84. The van der Waals surface area contributed by atoms with Gasteiger partial charge < -0.3 is 5.32 Å². The molecular weight excluding hydrogens is 266 g/mol. The molecule has 2 fully saturated rings. The van der Waals surface area contributed by atoms with Crippen LogP contribution in [0, 0.1) is 16.7 Å². The lowest BCUT2D eigenvalue weighted by Gasteiger charge is -2.44. The molecule has 20 heavy (non-hydrogen) atoms. The van der Waals surface area contributed by atoms with Crippen molar-refractivity contribution in [2.24, 2.45) is 16.7 Å². The Kier molecular flexibility index (Phi) is 3.42. The summed E-state index contributed by atoms with van der Waals surface area (Å²) in [4.78, 5) is 0. The topological polar surface area (TPSA) is 12.0 Å². The van der Waals surface area contributed by atoms with Crippen molar-refractivity contribution in [1.29, 1.82) is 0 Å². The predicted molar refractivity (Wildman–Crippen MR) is 86.0 cm³/mol. The van der Waals surface area contributed by atoms with Crippen molar-refractivity contribution < 1.29 is 0 Å². The van der Waals surface area contributed by atoms with Crippen LogP contribution < -0.4 is 5.32 Å². The molecule has 0 saturated heterocycles. The van der Waals surface area contributed by atoms with Gasteiger partial charge in [-0.1, -0.05) is 44.5 Å². The van der Waals surface area contributed by atoms with Crippen LogP contribution in [0.1, 0.15) is 58.6 Å². The highest BCUT2D eigenvalue weighted by atomic mass is 35.5. The molecule has 1 unspecified atom stereocenters. The van der Waals surface area contributed by atoms with Crippen molar-refractivity contribution in [2.45, 2.75) is 59.0 Å². The number of halogens is 1. The highest BCUT2D eigenvalue weighted by Gasteiger charge is 2.59. The fraction of sp³-hybridized carbons (Fsp3) is 0.667. The summed E-state index contributed by atoms with van der Waals surface area (Å²) in [5.41, 5.74) is 2.17. The molecule has 0 heterocycles. The van der Waals surface area contributed by atoms with E-state index >= 15 is 0 Å². The molecule has 0 spiro atoms. The highest BCUT2D eigenvalue weighted by Crippen LogP contribution is 2.62. The standard InChI is InChI=1S/C18H26ClN/c1-12(13-6-5-7-15(19)10-13)20-16-17(2,3)14-8-9-18(16,4)11-14/h5-7,10,12,14,16,20H,8-9,11H2,1-4H3/t12-,14+,16?,18-/m1/s1. The monoisotopic (exact) mass is 291 g/mol. The van der Waals surface area contributed by atoms with Crippen LogP contribution in [0.25, 0.3) is 0 Å². The molecule has 2 aliphatic rings. The average molecular weight is 292 g/mol. The number of hydrogen-bond donors (Lipinski definition) is 1. The summed E-state index contributed by atoms with van der Waals surface area (Å²) < 4.78 is 0. The van der Waals surface area contributed by atoms with Crippen LogP contribution in [0.3, 0.4) is 0 Å². The van der Waals surface area contributed by atoms with E-state index in [0.29, 0.717) is 22.9 Å². The van der Waals surface area contributed by atoms with Gasteiger partial charge in [0.15, 0.2) is 0 Å². The van der Waals surface area contributed by atoms with E-state index in [4.69, 9.17) is 11.6 Å². The Morgan fingerprint density at radius 2 is 2.05 bits per heavy atom. The maximum absolute atomic E-state index is 6.12. The molecule has 1 aromatic rings. The van der Waals surface area contributed by atoms with Crippen LogP contribution >= 0.6 is 11.6 Å². The molecule has 0 radical (unpaired) electrons. The van der Waals surface area contributed by atoms with E-state index in [0.717, 1.165) is 10.9 Å². The van der Waals surface area contributed by atoms with Crippen LogP contribution in [-0.2, 0) is 0 Å². The summed E-state index contributed by atoms with van der Waals surface area (Å²) in [6, 6.07) is 9.20. The summed E-state index contributed by atoms with van der Waals surface area (Å²) in [5, 5.41) is 4.75. The lowest BCUT2D eigenvalue weighted by atomic mass is 9.68. The Bertz CT molecular complexity index is 505. The zero-order valence-corrected chi connectivity index (χ0v) is 13.8. The Hall–Kier alpha value is -0.530. The van der Waals surface area contributed by atoms with Gasteiger partial charge in [-0.15, -0.1) is 0 Å². The van der Waals surface area contributed by atoms with E-state index in [2.05, 4.69) is 45.1 Å². The fourth-order valence-electron chi connectivity index (χ4n) is 4.84. The number of rotatable bonds is 3. The molecule has 0 amide bonds. The van der Waals surface area contributed by atoms with Crippen molar-refractivity contribution >= 4 is 11.6 Å². The summed E-state index contributed by atoms with van der Waals surface area (Å²) in [6.07, 6.45) is 4.17. The minimum atomic E-state index is 0.356. The summed E-state index contributed by atoms with van der Waals surface area (Å²) in [5.74, 6) is 0.886. The van der Waals surface area contributed by atoms with Gasteiger partial charge in [-0.3, -0.25) is 0 Å². The number of hydrogen-bond acceptors (Lipinski definition) is 1. The zero-order chi connectivity index (χ0) is 14.5. The van der Waals surface area contributed by atoms with Gasteiger partial charge in [-0.2, -0.15) is 0 Å². The third-order valence-electron chi connectivity index (χ3n) is 6.04. The minimum Gasteiger partial charge on any atom is -0.306 e. The van der Waals surface area contributed by atoms with E-state index in [-0.39, 0.29) is 0 Å². The molecule has 0 aromatic heterocycles. The Balaban J connectivity index is 1.80. The van der Waals surface area contributed by atoms with Gasteiger partial charge in [-0.05, 0) is 60.6 Å². The molecule has 2 aliphatic carbocycles. The molecular formula is C18H26ClN. The lowest BCUT2D eigenvalue weighted by Crippen LogP contribution is -2.50. The van der Waals surface area contributed by atoms with E-state index in [1.165, 1.54) is 24.8 Å². The molecule has 2 heteroatoms. The van der Waals surface area contributed by atoms with E-state index < -0.39 is 0 Å². The third-order valence-corrected chi connectivity index (χ3v) is 6.27. The first-order chi connectivity index (χ1) is 9.33. The molecule has 1 nitrogen and oxygen atoms in total. The van der Waals surface area contributed by atoms with Gasteiger partial charge in [-0.25, -0.2) is 0 Å². The van der Waals surface area contributed by atoms with Gasteiger partial charge in [0.25, 0.3) is 0 Å². The molecule has 2 saturated carbocycles. The zero-order valence-electron chi connectivity index (χ0n) is 13.0. The smallest absolute Gasteiger partial charge is 0.0409 e. The van der Waals surface area contributed by atoms with E-state index in [9.17, 15) is 0 Å². The molecule has 1 aromatic carbocycles. The second kappa shape index (κ2) is 4.74. The first-order valence-corrected chi connectivity index (χ1v) is 8.22. The van der Waals surface area contributed by atoms with E-state index in [1.807, 2.05) is 12.1 Å². The SMILES string of the molecule is C[C@@H](NC1C(C)(C)[C@H]2CC[C@]1(C)C2)c1cccc(Cl)c1. The van der Waals surface area contributed by atoms with Crippen LogP contribution in [0.5, 0.6) is 0 Å². The van der Waals surface area contributed by atoms with Crippen molar-refractivity contribution in [1.82, 2.24) is 5.32 Å². The molecule has 0 aliphatic heterocycles. The van der Waals surface area contributed by atoms with Crippen LogP contribution in [0.2, 0.25) is 5.02 Å². The molecule has 110 valence electrons. The lowest BCUT2D eigenvalue weighted by molar-refractivity contribution is 0.100. The summed E-state index contributed by atoms with van der Waals surface area (Å²) in [7, 11) is 0. The predicted octanol–water partition coefficient (Wildman–Crippen LogP) is 5.21. The van der Waals surface area contributed by atoms with Gasteiger partial charge in [0.05, 0.1) is 0 Å². The minimum absolute atomic E-state index is 0.356. The first kappa shape index (κ1) is 14.4. The van der Waals surface area contributed by atoms with Gasteiger partial charge in [0, 0.05) is 17.1 Å². The van der Waals surface area contributed by atoms with Crippen LogP contribution in [-0.4, -0.2) is 6.04 Å². The van der Waals surface area contributed by atoms with Crippen molar-refractivity contribution in [2.75, 3.05) is 0 Å². The summed E-state index contributed by atoms with van der Waals surface area (Å²) in [6.45, 7) is 9.63. The Labute approximate surface area is 128 Å². The van der Waals surface area contributed by atoms with Gasteiger partial charge in [0.2, 0.25) is 0 Å². The maximum atomic E-state index is 6.12. The fourth-order valence-corrected chi connectivity index (χ4v) is 5.04. The van der Waals surface area contributed by atoms with Gasteiger partial charge in [0.1, 0.15) is 0 Å². The second-order valence-corrected chi connectivity index (χ2v) is 8.23. The van der Waals surface area contributed by atoms with Crippen molar-refractivity contribution in [3.63, 3.8) is 0 Å². The van der Waals surface area contributed by atoms with Crippen LogP contribution in [0.15, 0.2) is 24.3 Å². The Morgan fingerprint density at radius 1 is 1.30 bits per heavy atom. The van der Waals surface area contributed by atoms with E-state index in [1.54, 1.807) is 0 Å². The quantitative estimate of drug-likeness (QED) is 0.806. The molecule has 3 rings (SSSR count). The molecule has 1 N–H and O–H groups in total. The second-order valence-electron chi connectivity index (χ2n) is 7.79. The number of nitrogens with one attached hydrogen (secondary N) is 1. The van der Waals surface area contributed by atoms with Crippen molar-refractivity contribution in [3.8, 4) is 0 Å². The molecule has 2 bridgehead atoms. The molecule has 4 atom stereocenters. The van der Waals surface area contributed by atoms with Crippen molar-refractivity contribution in [3.05, 3.63) is 34.9 Å². The number of benzene rings is 1.